The van der Waals surface area contributed by atoms with Gasteiger partial charge in [0.2, 0.25) is 11.1 Å². The molecule has 0 aromatic carbocycles. The van der Waals surface area contributed by atoms with E-state index in [0.717, 1.165) is 31.2 Å². The van der Waals surface area contributed by atoms with Crippen molar-refractivity contribution >= 4 is 34.0 Å². The number of tetrazole rings is 1. The molecule has 1 aliphatic rings. The first-order valence-electron chi connectivity index (χ1n) is 7.84. The van der Waals surface area contributed by atoms with Gasteiger partial charge in [0.25, 0.3) is 0 Å². The Bertz CT molecular complexity index is 790. The number of rotatable bonds is 4. The van der Waals surface area contributed by atoms with E-state index >= 15 is 0 Å². The van der Waals surface area contributed by atoms with E-state index in [1.54, 1.807) is 25.3 Å². The highest BCUT2D eigenvalue weighted by Crippen LogP contribution is 2.37. The number of hydrogen-bond donors (Lipinski definition) is 1. The summed E-state index contributed by atoms with van der Waals surface area (Å²) in [5.74, 6) is -0.143. The summed E-state index contributed by atoms with van der Waals surface area (Å²) in [6, 6.07) is 2.28. The zero-order valence-corrected chi connectivity index (χ0v) is 15.2. The number of anilines is 1. The molecule has 0 unspecified atom stereocenters. The van der Waals surface area contributed by atoms with Gasteiger partial charge in [-0.15, -0.1) is 16.4 Å². The Morgan fingerprint density at radius 1 is 1.42 bits per heavy atom. The Hall–Kier alpha value is -1.92. The smallest absolute Gasteiger partial charge is 0.238 e. The highest BCUT2D eigenvalue weighted by Gasteiger charge is 2.23. The van der Waals surface area contributed by atoms with Gasteiger partial charge in [-0.1, -0.05) is 18.2 Å². The average Bonchev–Trinajstić information content (AvgIpc) is 3.02. The third-order valence-corrected chi connectivity index (χ3v) is 6.33. The third-order valence-electron chi connectivity index (χ3n) is 4.00. The molecule has 0 spiro atoms. The highest BCUT2D eigenvalue weighted by molar-refractivity contribution is 8.00. The van der Waals surface area contributed by atoms with Gasteiger partial charge in [-0.2, -0.15) is 5.26 Å². The molecule has 0 saturated carbocycles. The molecule has 0 aliphatic heterocycles. The summed E-state index contributed by atoms with van der Waals surface area (Å²) in [4.78, 5) is 13.7. The molecule has 2 aromatic heterocycles. The summed E-state index contributed by atoms with van der Waals surface area (Å²) >= 11 is 2.84. The van der Waals surface area contributed by atoms with Crippen molar-refractivity contribution in [3.63, 3.8) is 0 Å². The number of nitrogens with zero attached hydrogens (tertiary/aromatic N) is 5. The van der Waals surface area contributed by atoms with E-state index < -0.39 is 0 Å². The summed E-state index contributed by atoms with van der Waals surface area (Å²) in [5, 5.41) is 24.6. The lowest BCUT2D eigenvalue weighted by atomic mass is 10.1. The van der Waals surface area contributed by atoms with Crippen LogP contribution in [0.2, 0.25) is 0 Å². The van der Waals surface area contributed by atoms with Crippen LogP contribution in [0, 0.1) is 11.3 Å². The summed E-state index contributed by atoms with van der Waals surface area (Å²) < 4.78 is 1.53. The van der Waals surface area contributed by atoms with Crippen molar-refractivity contribution in [2.45, 2.75) is 49.4 Å². The molecule has 0 fully saturated rings. The fourth-order valence-corrected chi connectivity index (χ4v) is 4.69. The van der Waals surface area contributed by atoms with E-state index in [2.05, 4.69) is 26.9 Å². The molecular formula is C15H18N6OS2. The Labute approximate surface area is 148 Å². The van der Waals surface area contributed by atoms with E-state index in [-0.39, 0.29) is 11.2 Å². The van der Waals surface area contributed by atoms with Gasteiger partial charge in [0.1, 0.15) is 11.1 Å². The molecule has 2 aromatic rings. The van der Waals surface area contributed by atoms with Gasteiger partial charge in [0.05, 0.1) is 10.8 Å². The second kappa shape index (κ2) is 7.32. The standard InChI is InChI=1S/C15H18N6OS2/c1-9(23-15-18-19-20-21(15)2)13(22)17-14-11(8-16)10-6-4-3-5-7-12(10)24-14/h9H,3-7H2,1-2H3,(H,17,22)/t9-/m0/s1. The minimum absolute atomic E-state index is 0.143. The summed E-state index contributed by atoms with van der Waals surface area (Å²) in [5.41, 5.74) is 1.77. The van der Waals surface area contributed by atoms with Crippen molar-refractivity contribution in [1.29, 1.82) is 5.26 Å². The maximum atomic E-state index is 12.5. The van der Waals surface area contributed by atoms with Crippen LogP contribution in [0.1, 0.15) is 42.2 Å². The van der Waals surface area contributed by atoms with Crippen LogP contribution >= 0.6 is 23.1 Å². The lowest BCUT2D eigenvalue weighted by Gasteiger charge is -2.10. The Morgan fingerprint density at radius 3 is 2.92 bits per heavy atom. The van der Waals surface area contributed by atoms with Gasteiger partial charge in [-0.3, -0.25) is 4.79 Å². The van der Waals surface area contributed by atoms with E-state index in [1.807, 2.05) is 0 Å². The molecule has 0 bridgehead atoms. The molecule has 1 aliphatic carbocycles. The topological polar surface area (TPSA) is 96.5 Å². The lowest BCUT2D eigenvalue weighted by Crippen LogP contribution is -2.22. The maximum absolute atomic E-state index is 12.5. The number of aromatic nitrogens is 4. The van der Waals surface area contributed by atoms with Crippen LogP contribution in [-0.2, 0) is 24.7 Å². The Kier molecular flexibility index (Phi) is 5.16. The predicted molar refractivity (Wildman–Crippen MR) is 93.0 cm³/mol. The van der Waals surface area contributed by atoms with Crippen LogP contribution in [0.25, 0.3) is 0 Å². The number of fused-ring (bicyclic) bond motifs is 1. The molecule has 126 valence electrons. The monoisotopic (exact) mass is 362 g/mol. The van der Waals surface area contributed by atoms with Crippen molar-refractivity contribution in [1.82, 2.24) is 20.2 Å². The molecule has 7 nitrogen and oxygen atoms in total. The van der Waals surface area contributed by atoms with Gasteiger partial charge < -0.3 is 5.32 Å². The quantitative estimate of drug-likeness (QED) is 0.663. The number of aryl methyl sites for hydroxylation is 2. The van der Waals surface area contributed by atoms with Gasteiger partial charge in [0.15, 0.2) is 0 Å². The molecule has 24 heavy (non-hydrogen) atoms. The first kappa shape index (κ1) is 16.9. The first-order chi connectivity index (χ1) is 11.6. The number of thioether (sulfide) groups is 1. The largest absolute Gasteiger partial charge is 0.316 e. The van der Waals surface area contributed by atoms with Crippen LogP contribution in [0.15, 0.2) is 5.16 Å². The number of nitrogens with one attached hydrogen (secondary N) is 1. The zero-order valence-electron chi connectivity index (χ0n) is 13.6. The van der Waals surface area contributed by atoms with Crippen molar-refractivity contribution in [3.05, 3.63) is 16.0 Å². The summed E-state index contributed by atoms with van der Waals surface area (Å²) in [7, 11) is 1.73. The fourth-order valence-electron chi connectivity index (χ4n) is 2.70. The first-order valence-corrected chi connectivity index (χ1v) is 9.54. The molecule has 0 saturated heterocycles. The minimum atomic E-state index is -0.358. The minimum Gasteiger partial charge on any atom is -0.316 e. The van der Waals surface area contributed by atoms with Crippen LogP contribution in [-0.4, -0.2) is 31.4 Å². The third kappa shape index (κ3) is 3.44. The fraction of sp³-hybridized carbons (Fsp3) is 0.533. The van der Waals surface area contributed by atoms with Gasteiger partial charge in [0, 0.05) is 11.9 Å². The van der Waals surface area contributed by atoms with E-state index in [4.69, 9.17) is 0 Å². The molecule has 1 amide bonds. The lowest BCUT2D eigenvalue weighted by molar-refractivity contribution is -0.115. The van der Waals surface area contributed by atoms with Crippen molar-refractivity contribution in [2.24, 2.45) is 7.05 Å². The van der Waals surface area contributed by atoms with Crippen LogP contribution < -0.4 is 5.32 Å². The van der Waals surface area contributed by atoms with E-state index in [9.17, 15) is 10.1 Å². The number of nitriles is 1. The van der Waals surface area contributed by atoms with Crippen LogP contribution in [0.5, 0.6) is 0 Å². The summed E-state index contributed by atoms with van der Waals surface area (Å²) in [6.07, 6.45) is 5.39. The van der Waals surface area contributed by atoms with Crippen LogP contribution in [0.4, 0.5) is 5.00 Å². The predicted octanol–water partition coefficient (Wildman–Crippen LogP) is 2.53. The van der Waals surface area contributed by atoms with E-state index in [0.29, 0.717) is 15.7 Å². The van der Waals surface area contributed by atoms with Crippen molar-refractivity contribution in [2.75, 3.05) is 5.32 Å². The zero-order chi connectivity index (χ0) is 17.1. The Morgan fingerprint density at radius 2 is 2.21 bits per heavy atom. The SMILES string of the molecule is C[C@H](Sc1nnnn1C)C(=O)Nc1sc2c(c1C#N)CCCCC2. The highest BCUT2D eigenvalue weighted by atomic mass is 32.2. The normalized spacial score (nSPS) is 15.2. The second-order valence-electron chi connectivity index (χ2n) is 5.71. The summed E-state index contributed by atoms with van der Waals surface area (Å²) in [6.45, 7) is 1.80. The van der Waals surface area contributed by atoms with E-state index in [1.165, 1.54) is 27.7 Å². The number of carbonyl (C=O) groups is 1. The Balaban J connectivity index is 1.74. The second-order valence-corrected chi connectivity index (χ2v) is 8.13. The van der Waals surface area contributed by atoms with Crippen molar-refractivity contribution in [3.8, 4) is 6.07 Å². The van der Waals surface area contributed by atoms with Gasteiger partial charge in [-0.05, 0) is 48.6 Å². The molecule has 9 heteroatoms. The average molecular weight is 362 g/mol. The molecule has 2 heterocycles. The van der Waals surface area contributed by atoms with Gasteiger partial charge in [-0.25, -0.2) is 4.68 Å². The van der Waals surface area contributed by atoms with Crippen molar-refractivity contribution < 1.29 is 4.79 Å². The molecule has 1 N–H and O–H groups in total. The molecule has 0 radical (unpaired) electrons. The number of hydrogen-bond acceptors (Lipinski definition) is 7. The molecule has 1 atom stereocenters. The maximum Gasteiger partial charge on any atom is 0.238 e. The number of thiophene rings is 1. The van der Waals surface area contributed by atoms with Crippen LogP contribution in [0.3, 0.4) is 0 Å². The molecular weight excluding hydrogens is 344 g/mol. The number of carbonyl (C=O) groups excluding carboxylic acids is 1. The molecule has 3 rings (SSSR count). The number of amides is 1. The van der Waals surface area contributed by atoms with Gasteiger partial charge >= 0.3 is 0 Å².